The summed E-state index contributed by atoms with van der Waals surface area (Å²) in [4.78, 5) is 15.8. The lowest BCUT2D eigenvalue weighted by molar-refractivity contribution is 0.0926. The molecular weight excluding hydrogens is 466 g/mol. The first-order chi connectivity index (χ1) is 12.6. The summed E-state index contributed by atoms with van der Waals surface area (Å²) in [6.45, 7) is 3.32. The minimum atomic E-state index is -0.299. The molecule has 0 fully saturated rings. The van der Waals surface area contributed by atoms with Gasteiger partial charge in [-0.25, -0.2) is 4.39 Å². The van der Waals surface area contributed by atoms with E-state index < -0.39 is 0 Å². The Morgan fingerprint density at radius 3 is 2.52 bits per heavy atom. The van der Waals surface area contributed by atoms with Gasteiger partial charge in [0.1, 0.15) is 17.7 Å². The fourth-order valence-corrected chi connectivity index (χ4v) is 2.10. The van der Waals surface area contributed by atoms with Crippen LogP contribution >= 0.6 is 24.0 Å². The van der Waals surface area contributed by atoms with Crippen molar-refractivity contribution in [1.82, 2.24) is 16.0 Å². The van der Waals surface area contributed by atoms with Gasteiger partial charge in [0.25, 0.3) is 5.91 Å². The second-order valence-corrected chi connectivity index (χ2v) is 5.50. The third-order valence-electron chi connectivity index (χ3n) is 3.38. The molecule has 0 bridgehead atoms. The highest BCUT2D eigenvalue weighted by atomic mass is 127. The summed E-state index contributed by atoms with van der Waals surface area (Å²) >= 11 is 0. The minimum Gasteiger partial charge on any atom is -0.489 e. The number of nitrogens with zero attached hydrogens (tertiary/aromatic N) is 1. The molecule has 2 aromatic rings. The molecule has 148 valence electrons. The normalized spacial score (nSPS) is 11.9. The lowest BCUT2D eigenvalue weighted by Gasteiger charge is -2.17. The van der Waals surface area contributed by atoms with Crippen molar-refractivity contribution >= 4 is 35.8 Å². The second-order valence-electron chi connectivity index (χ2n) is 5.50. The molecule has 0 saturated heterocycles. The lowest BCUT2D eigenvalue weighted by Crippen LogP contribution is -2.44. The largest absolute Gasteiger partial charge is 0.489 e. The van der Waals surface area contributed by atoms with Crippen LogP contribution in [-0.2, 0) is 0 Å². The van der Waals surface area contributed by atoms with Gasteiger partial charge in [0, 0.05) is 20.1 Å². The number of guanidine groups is 1. The maximum absolute atomic E-state index is 12.9. The third kappa shape index (κ3) is 8.29. The molecule has 0 aliphatic heterocycles. The van der Waals surface area contributed by atoms with Gasteiger partial charge in [0.05, 0.1) is 12.8 Å². The molecule has 0 aliphatic carbocycles. The first kappa shape index (κ1) is 22.7. The summed E-state index contributed by atoms with van der Waals surface area (Å²) in [6, 6.07) is 9.14. The molecule has 0 spiro atoms. The summed E-state index contributed by atoms with van der Waals surface area (Å²) in [5, 5.41) is 8.94. The van der Waals surface area contributed by atoms with Crippen molar-refractivity contribution in [3.63, 3.8) is 0 Å². The highest BCUT2D eigenvalue weighted by Gasteiger charge is 2.08. The van der Waals surface area contributed by atoms with Crippen LogP contribution in [-0.4, -0.2) is 44.7 Å². The Bertz CT molecular complexity index is 708. The maximum Gasteiger partial charge on any atom is 0.287 e. The van der Waals surface area contributed by atoms with Crippen LogP contribution < -0.4 is 20.7 Å². The van der Waals surface area contributed by atoms with E-state index in [4.69, 9.17) is 9.15 Å². The number of rotatable bonds is 8. The zero-order valence-electron chi connectivity index (χ0n) is 15.2. The Morgan fingerprint density at radius 1 is 1.19 bits per heavy atom. The van der Waals surface area contributed by atoms with E-state index in [1.807, 2.05) is 6.92 Å². The molecular formula is C18H24FIN4O3. The molecule has 2 rings (SSSR count). The van der Waals surface area contributed by atoms with Gasteiger partial charge in [0.2, 0.25) is 0 Å². The zero-order chi connectivity index (χ0) is 18.8. The molecule has 1 heterocycles. The number of carbonyl (C=O) groups is 1. The van der Waals surface area contributed by atoms with Gasteiger partial charge >= 0.3 is 0 Å². The van der Waals surface area contributed by atoms with Crippen LogP contribution in [0.4, 0.5) is 4.39 Å². The van der Waals surface area contributed by atoms with Gasteiger partial charge in [-0.1, -0.05) is 0 Å². The van der Waals surface area contributed by atoms with E-state index in [0.29, 0.717) is 31.3 Å². The number of halogens is 2. The highest BCUT2D eigenvalue weighted by Crippen LogP contribution is 2.12. The summed E-state index contributed by atoms with van der Waals surface area (Å²) in [7, 11) is 1.66. The summed E-state index contributed by atoms with van der Waals surface area (Å²) in [5.74, 6) is 0.906. The summed E-state index contributed by atoms with van der Waals surface area (Å²) in [5.41, 5.74) is 0. The van der Waals surface area contributed by atoms with Crippen molar-refractivity contribution in [1.29, 1.82) is 0 Å². The van der Waals surface area contributed by atoms with Crippen LogP contribution in [0.3, 0.4) is 0 Å². The van der Waals surface area contributed by atoms with Gasteiger partial charge in [-0.15, -0.1) is 24.0 Å². The summed E-state index contributed by atoms with van der Waals surface area (Å²) in [6.07, 6.45) is 1.31. The monoisotopic (exact) mass is 490 g/mol. The van der Waals surface area contributed by atoms with E-state index in [1.165, 1.54) is 18.4 Å². The van der Waals surface area contributed by atoms with Crippen molar-refractivity contribution < 1.29 is 18.3 Å². The van der Waals surface area contributed by atoms with Gasteiger partial charge in [-0.2, -0.15) is 0 Å². The lowest BCUT2D eigenvalue weighted by atomic mass is 10.3. The number of benzene rings is 1. The van der Waals surface area contributed by atoms with Crippen LogP contribution in [0.2, 0.25) is 0 Å². The van der Waals surface area contributed by atoms with E-state index in [-0.39, 0.29) is 47.6 Å². The Labute approximate surface area is 174 Å². The number of ether oxygens (including phenoxy) is 1. The molecule has 27 heavy (non-hydrogen) atoms. The predicted octanol–water partition coefficient (Wildman–Crippen LogP) is 2.40. The van der Waals surface area contributed by atoms with Gasteiger partial charge in [0.15, 0.2) is 11.7 Å². The minimum absolute atomic E-state index is 0. The molecule has 7 nitrogen and oxygen atoms in total. The maximum atomic E-state index is 12.9. The average Bonchev–Trinajstić information content (AvgIpc) is 3.17. The SMILES string of the molecule is CN=C(NCCNC(=O)c1ccco1)NCC(C)Oc1ccc(F)cc1.I. The van der Waals surface area contributed by atoms with E-state index in [2.05, 4.69) is 20.9 Å². The molecule has 0 aliphatic rings. The van der Waals surface area contributed by atoms with Crippen LogP contribution in [0, 0.1) is 5.82 Å². The molecule has 1 atom stereocenters. The van der Waals surface area contributed by atoms with Crippen molar-refractivity contribution in [2.45, 2.75) is 13.0 Å². The number of amides is 1. The van der Waals surface area contributed by atoms with E-state index in [0.717, 1.165) is 0 Å². The van der Waals surface area contributed by atoms with Crippen molar-refractivity contribution in [2.75, 3.05) is 26.7 Å². The molecule has 0 radical (unpaired) electrons. The number of nitrogens with one attached hydrogen (secondary N) is 3. The van der Waals surface area contributed by atoms with Crippen LogP contribution in [0.15, 0.2) is 52.1 Å². The molecule has 1 unspecified atom stereocenters. The second kappa shape index (κ2) is 12.2. The topological polar surface area (TPSA) is 87.9 Å². The first-order valence-corrected chi connectivity index (χ1v) is 8.27. The Hall–Kier alpha value is -2.30. The average molecular weight is 490 g/mol. The molecule has 3 N–H and O–H groups in total. The molecule has 9 heteroatoms. The van der Waals surface area contributed by atoms with E-state index >= 15 is 0 Å². The van der Waals surface area contributed by atoms with E-state index in [9.17, 15) is 9.18 Å². The molecule has 1 aromatic heterocycles. The molecule has 0 saturated carbocycles. The summed E-state index contributed by atoms with van der Waals surface area (Å²) < 4.78 is 23.6. The quantitative estimate of drug-likeness (QED) is 0.229. The number of furan rings is 1. The van der Waals surface area contributed by atoms with Gasteiger partial charge in [-0.05, 0) is 43.3 Å². The fraction of sp³-hybridized carbons (Fsp3) is 0.333. The number of hydrogen-bond acceptors (Lipinski definition) is 4. The van der Waals surface area contributed by atoms with E-state index in [1.54, 1.807) is 31.3 Å². The number of hydrogen-bond donors (Lipinski definition) is 3. The zero-order valence-corrected chi connectivity index (χ0v) is 17.5. The van der Waals surface area contributed by atoms with Gasteiger partial charge < -0.3 is 25.1 Å². The highest BCUT2D eigenvalue weighted by molar-refractivity contribution is 14.0. The van der Waals surface area contributed by atoms with Gasteiger partial charge in [-0.3, -0.25) is 9.79 Å². The standard InChI is InChI=1S/C18H23FN4O3.HI/c1-13(26-15-7-5-14(19)6-8-15)12-23-18(20-2)22-10-9-21-17(24)16-4-3-11-25-16;/h3-8,11,13H,9-10,12H2,1-2H3,(H,21,24)(H2,20,22,23);1H. The molecule has 1 amide bonds. The van der Waals surface area contributed by atoms with Crippen LogP contribution in [0.5, 0.6) is 5.75 Å². The number of carbonyl (C=O) groups excluding carboxylic acids is 1. The van der Waals surface area contributed by atoms with Crippen molar-refractivity contribution in [3.05, 3.63) is 54.2 Å². The van der Waals surface area contributed by atoms with Crippen molar-refractivity contribution in [3.8, 4) is 5.75 Å². The first-order valence-electron chi connectivity index (χ1n) is 8.27. The third-order valence-corrected chi connectivity index (χ3v) is 3.38. The van der Waals surface area contributed by atoms with Crippen molar-refractivity contribution in [2.24, 2.45) is 4.99 Å². The molecule has 1 aromatic carbocycles. The van der Waals surface area contributed by atoms with Crippen LogP contribution in [0.1, 0.15) is 17.5 Å². The Morgan fingerprint density at radius 2 is 1.89 bits per heavy atom. The predicted molar refractivity (Wildman–Crippen MR) is 112 cm³/mol. The fourth-order valence-electron chi connectivity index (χ4n) is 2.10. The number of aliphatic imine (C=N–C) groups is 1. The Balaban J connectivity index is 0.00000364. The smallest absolute Gasteiger partial charge is 0.287 e. The van der Waals surface area contributed by atoms with Crippen LogP contribution in [0.25, 0.3) is 0 Å². The Kier molecular flexibility index (Phi) is 10.2.